The number of benzene rings is 7. The van der Waals surface area contributed by atoms with Gasteiger partial charge < -0.3 is 0 Å². The summed E-state index contributed by atoms with van der Waals surface area (Å²) in [7, 11) is 4.76. The van der Waals surface area contributed by atoms with E-state index >= 15 is 0 Å². The maximum Gasteiger partial charge on any atom is 0.0325 e. The van der Waals surface area contributed by atoms with Crippen molar-refractivity contribution in [2.24, 2.45) is 0 Å². The van der Waals surface area contributed by atoms with Crippen LogP contribution in [-0.2, 0) is 17.3 Å². The van der Waals surface area contributed by atoms with Gasteiger partial charge in [-0.25, -0.2) is 29.9 Å². The van der Waals surface area contributed by atoms with Crippen LogP contribution in [0.1, 0.15) is 22.3 Å². The summed E-state index contributed by atoms with van der Waals surface area (Å²) in [5.74, 6) is 3.85. The van der Waals surface area contributed by atoms with Gasteiger partial charge in [-0.05, 0) is 124 Å². The minimum atomic E-state index is 0.600. The summed E-state index contributed by atoms with van der Waals surface area (Å²) < 4.78 is 1.93. The number of pyridine rings is 3. The molecule has 0 unspecified atom stereocenters. The van der Waals surface area contributed by atoms with Gasteiger partial charge in [-0.1, -0.05) is 145 Å². The zero-order valence-electron chi connectivity index (χ0n) is 44.3. The predicted octanol–water partition coefficient (Wildman–Crippen LogP) is 17.9. The van der Waals surface area contributed by atoms with Crippen LogP contribution in [-0.4, -0.2) is 44.9 Å². The van der Waals surface area contributed by atoms with Crippen LogP contribution in [0, 0.1) is 33.8 Å². The third kappa shape index (κ3) is 15.2. The van der Waals surface area contributed by atoms with Gasteiger partial charge in [-0.3, -0.25) is 15.0 Å². The maximum atomic E-state index is 4.97. The molecule has 13 heteroatoms. The third-order valence-electron chi connectivity index (χ3n) is 12.3. The summed E-state index contributed by atoms with van der Waals surface area (Å²) in [4.78, 5) is 42.4. The molecule has 9 nitrogen and oxygen atoms in total. The molecule has 12 aromatic rings. The number of aromatic nitrogens is 9. The minimum absolute atomic E-state index is 0.600. The molecular formula is C67H50Br2ClN9Zn. The fraction of sp³-hybridized carbons (Fsp3) is 0.0597. The molecule has 0 atom stereocenters. The van der Waals surface area contributed by atoms with Crippen molar-refractivity contribution < 1.29 is 17.3 Å². The molecule has 0 spiro atoms. The van der Waals surface area contributed by atoms with Crippen LogP contribution < -0.4 is 0 Å². The van der Waals surface area contributed by atoms with E-state index in [4.69, 9.17) is 39.6 Å². The smallest absolute Gasteiger partial charge is 0.0325 e. The Morgan fingerprint density at radius 2 is 0.688 bits per heavy atom. The van der Waals surface area contributed by atoms with E-state index in [0.29, 0.717) is 34.9 Å². The molecule has 0 amide bonds. The Morgan fingerprint density at radius 3 is 1.04 bits per heavy atom. The topological polar surface area (TPSA) is 116 Å². The minimum Gasteiger partial charge on any atom is -0.264 e. The van der Waals surface area contributed by atoms with Crippen molar-refractivity contribution in [1.82, 2.24) is 44.9 Å². The first-order valence-corrected chi connectivity index (χ1v) is 30.9. The van der Waals surface area contributed by atoms with Crippen LogP contribution >= 0.6 is 41.6 Å². The largest absolute Gasteiger partial charge is 0.264 e. The molecule has 0 fully saturated rings. The van der Waals surface area contributed by atoms with Crippen molar-refractivity contribution in [3.05, 3.63) is 268 Å². The second-order valence-electron chi connectivity index (χ2n) is 18.5. The molecule has 0 radical (unpaired) electrons. The number of halogens is 3. The van der Waals surface area contributed by atoms with E-state index in [2.05, 4.69) is 147 Å². The fourth-order valence-electron chi connectivity index (χ4n) is 8.58. The van der Waals surface area contributed by atoms with Crippen LogP contribution in [0.2, 0.25) is 0 Å². The summed E-state index contributed by atoms with van der Waals surface area (Å²) in [5, 5.41) is 0. The first-order chi connectivity index (χ1) is 39.1. The average Bonchev–Trinajstić information content (AvgIpc) is 3.50. The van der Waals surface area contributed by atoms with E-state index < -0.39 is 0 Å². The first kappa shape index (κ1) is 56.6. The van der Waals surface area contributed by atoms with Gasteiger partial charge in [-0.15, -0.1) is 5.56 Å². The number of nitrogens with zero attached hydrogens (tertiary/aromatic N) is 9. The van der Waals surface area contributed by atoms with Gasteiger partial charge in [0, 0.05) is 78.2 Å². The van der Waals surface area contributed by atoms with Gasteiger partial charge in [0.1, 0.15) is 0 Å². The molecule has 80 heavy (non-hydrogen) atoms. The number of rotatable bonds is 9. The molecule has 0 N–H and O–H groups in total. The molecule has 5 aromatic heterocycles. The van der Waals surface area contributed by atoms with E-state index in [9.17, 15) is 0 Å². The van der Waals surface area contributed by atoms with E-state index in [1.807, 2.05) is 146 Å². The van der Waals surface area contributed by atoms with E-state index in [0.717, 1.165) is 98.8 Å². The molecule has 0 aliphatic rings. The maximum absolute atomic E-state index is 4.97. The van der Waals surface area contributed by atoms with Gasteiger partial charge in [-0.2, -0.15) is 30.3 Å². The second-order valence-corrected chi connectivity index (χ2v) is 20.3. The Bertz CT molecular complexity index is 3770. The number of hydrogen-bond donors (Lipinski definition) is 0. The first-order valence-electron chi connectivity index (χ1n) is 25.5. The van der Waals surface area contributed by atoms with E-state index in [1.54, 1.807) is 18.6 Å². The van der Waals surface area contributed by atoms with Crippen molar-refractivity contribution in [3.8, 4) is 102 Å². The van der Waals surface area contributed by atoms with Crippen LogP contribution in [0.15, 0.2) is 240 Å². The predicted molar refractivity (Wildman–Crippen MR) is 327 cm³/mol. The summed E-state index contributed by atoms with van der Waals surface area (Å²) in [6, 6.07) is 71.9. The summed E-state index contributed by atoms with van der Waals surface area (Å²) in [6.45, 7) is 8.28. The molecule has 12 rings (SSSR count). The standard InChI is InChI=1S/C33H25N5.C23H17Br2N3.C11H8N.ClH.Zn/c1-22-9-7-11-24(17-22)31-36-32(25-12-8-10-23(2)18-25)38-33(37-31)28-20-26(29-13-3-5-15-34-29)19-27(21-28)30-14-4-6-16-35-30;1-14-5-3-7-16(9-14)21-26-22(17-8-4-6-15(2)10-17)28-23(27-21)18-11-19(24)13-20(25)12-18;1-2-5-10(6-3-1)11-7-4-8-12-9-11;;/h3-21H,1-2H3;3-13H,1-2H3;2-9H;1H;/q;;-1;;+2/p-1. The van der Waals surface area contributed by atoms with Gasteiger partial charge in [0.15, 0.2) is 34.9 Å². The van der Waals surface area contributed by atoms with Crippen molar-refractivity contribution in [3.63, 3.8) is 0 Å². The zero-order valence-corrected chi connectivity index (χ0v) is 51.2. The summed E-state index contributed by atoms with van der Waals surface area (Å²) in [6.07, 6.45) is 7.24. The second kappa shape index (κ2) is 27.7. The Labute approximate surface area is 497 Å². The zero-order chi connectivity index (χ0) is 55.8. The number of hydrogen-bond acceptors (Lipinski definition) is 9. The Balaban J connectivity index is 0.000000161. The monoisotopic (exact) mass is 1240 g/mol. The van der Waals surface area contributed by atoms with E-state index in [1.165, 1.54) is 16.7 Å². The molecule has 0 saturated heterocycles. The number of aryl methyl sites for hydroxylation is 4. The molecule has 0 aliphatic carbocycles. The molecule has 5 heterocycles. The van der Waals surface area contributed by atoms with Crippen LogP contribution in [0.3, 0.4) is 0 Å². The van der Waals surface area contributed by atoms with Gasteiger partial charge >= 0.3 is 27.0 Å². The Morgan fingerprint density at radius 1 is 0.325 bits per heavy atom. The average molecular weight is 1240 g/mol. The van der Waals surface area contributed by atoms with Crippen molar-refractivity contribution in [2.75, 3.05) is 0 Å². The van der Waals surface area contributed by atoms with E-state index in [-0.39, 0.29) is 0 Å². The Kier molecular flexibility index (Phi) is 19.6. The fourth-order valence-corrected chi connectivity index (χ4v) is 9.87. The van der Waals surface area contributed by atoms with Crippen molar-refractivity contribution >= 4 is 41.6 Å². The summed E-state index contributed by atoms with van der Waals surface area (Å²) >= 11 is 7.96. The molecule has 386 valence electrons. The molecule has 7 aromatic carbocycles. The van der Waals surface area contributed by atoms with Crippen LogP contribution in [0.25, 0.3) is 102 Å². The van der Waals surface area contributed by atoms with Crippen molar-refractivity contribution in [2.45, 2.75) is 27.7 Å². The third-order valence-corrected chi connectivity index (χ3v) is 13.2. The molecule has 0 saturated carbocycles. The SMILES string of the molecule is Cc1cccc(-c2nc(-c3cccc(C)c3)nc(-c3cc(-c4ccccn4)cc(-c4ccccn4)c3)n2)c1.Cc1cccc(-c2nc(-c3cccc(C)c3)nc(-c3cc(Br)cc(Br)c3)n2)c1.[Cl][Zn+].[c-]1ccc(-c2cccnc2)cc1. The van der Waals surface area contributed by atoms with Crippen LogP contribution in [0.4, 0.5) is 0 Å². The normalized spacial score (nSPS) is 10.5. The quantitative estimate of drug-likeness (QED) is 0.103. The summed E-state index contributed by atoms with van der Waals surface area (Å²) in [5.41, 5.74) is 16.3. The van der Waals surface area contributed by atoms with Gasteiger partial charge in [0.2, 0.25) is 0 Å². The van der Waals surface area contributed by atoms with Gasteiger partial charge in [0.05, 0.1) is 11.4 Å². The molecular weight excluding hydrogens is 1190 g/mol. The van der Waals surface area contributed by atoms with Crippen molar-refractivity contribution in [1.29, 1.82) is 0 Å². The Hall–Kier alpha value is -8.12. The molecule has 0 aliphatic heterocycles. The van der Waals surface area contributed by atoms with Crippen LogP contribution in [0.5, 0.6) is 0 Å². The molecule has 0 bridgehead atoms. The van der Waals surface area contributed by atoms with Gasteiger partial charge in [0.25, 0.3) is 0 Å².